The maximum atomic E-state index is 11.7. The van der Waals surface area contributed by atoms with Crippen molar-refractivity contribution in [3.05, 3.63) is 36.3 Å². The molecule has 0 aromatic carbocycles. The fourth-order valence-corrected chi connectivity index (χ4v) is 1.40. The number of aromatic amines is 1. The van der Waals surface area contributed by atoms with E-state index in [4.69, 9.17) is 4.74 Å². The summed E-state index contributed by atoms with van der Waals surface area (Å²) in [5.74, 6) is -0.352. The Hall–Kier alpha value is -2.17. The van der Waals surface area contributed by atoms with Gasteiger partial charge in [0.25, 0.3) is 0 Å². The molecule has 16 heavy (non-hydrogen) atoms. The van der Waals surface area contributed by atoms with Crippen LogP contribution in [0, 0.1) is 0 Å². The van der Waals surface area contributed by atoms with Crippen LogP contribution in [0.25, 0.3) is 11.3 Å². The van der Waals surface area contributed by atoms with Gasteiger partial charge in [-0.15, -0.1) is 0 Å². The first-order valence-electron chi connectivity index (χ1n) is 4.93. The number of esters is 1. The number of ether oxygens (including phenoxy) is 1. The topological polar surface area (TPSA) is 67.9 Å². The summed E-state index contributed by atoms with van der Waals surface area (Å²) in [7, 11) is 0. The molecule has 0 fully saturated rings. The summed E-state index contributed by atoms with van der Waals surface area (Å²) in [5.41, 5.74) is 1.93. The van der Waals surface area contributed by atoms with Crippen LogP contribution in [-0.4, -0.2) is 27.8 Å². The summed E-state index contributed by atoms with van der Waals surface area (Å²) < 4.78 is 4.97. The predicted molar refractivity (Wildman–Crippen MR) is 57.8 cm³/mol. The molecule has 2 rings (SSSR count). The van der Waals surface area contributed by atoms with Crippen molar-refractivity contribution in [3.8, 4) is 11.3 Å². The molecule has 0 aliphatic heterocycles. The van der Waals surface area contributed by atoms with Crippen molar-refractivity contribution in [2.45, 2.75) is 6.92 Å². The average molecular weight is 217 g/mol. The molecule has 5 nitrogen and oxygen atoms in total. The van der Waals surface area contributed by atoms with Gasteiger partial charge in [0.05, 0.1) is 17.9 Å². The lowest BCUT2D eigenvalue weighted by molar-refractivity contribution is 0.0527. The zero-order valence-electron chi connectivity index (χ0n) is 8.80. The third kappa shape index (κ3) is 1.93. The fraction of sp³-hybridized carbons (Fsp3) is 0.182. The zero-order chi connectivity index (χ0) is 11.4. The standard InChI is InChI=1S/C11H11N3O2/c1-2-16-11(15)8-3-5-12-7-9(8)10-4-6-13-14-10/h3-7H,2H2,1H3,(H,13,14). The number of nitrogens with zero attached hydrogens (tertiary/aromatic N) is 2. The molecule has 0 saturated heterocycles. The van der Waals surface area contributed by atoms with E-state index in [1.54, 1.807) is 37.6 Å². The number of pyridine rings is 1. The van der Waals surface area contributed by atoms with Crippen LogP contribution in [0.5, 0.6) is 0 Å². The highest BCUT2D eigenvalue weighted by molar-refractivity contribution is 5.96. The van der Waals surface area contributed by atoms with E-state index in [0.717, 1.165) is 5.69 Å². The lowest BCUT2D eigenvalue weighted by atomic mass is 10.1. The Kier molecular flexibility index (Phi) is 2.95. The minimum atomic E-state index is -0.352. The first-order valence-corrected chi connectivity index (χ1v) is 4.93. The van der Waals surface area contributed by atoms with E-state index >= 15 is 0 Å². The lowest BCUT2D eigenvalue weighted by Gasteiger charge is -2.05. The highest BCUT2D eigenvalue weighted by Gasteiger charge is 2.14. The van der Waals surface area contributed by atoms with E-state index in [1.807, 2.05) is 0 Å². The van der Waals surface area contributed by atoms with Crippen LogP contribution in [0.4, 0.5) is 0 Å². The summed E-state index contributed by atoms with van der Waals surface area (Å²) >= 11 is 0. The van der Waals surface area contributed by atoms with Gasteiger partial charge in [0.2, 0.25) is 0 Å². The molecule has 0 radical (unpaired) electrons. The summed E-state index contributed by atoms with van der Waals surface area (Å²) in [6.07, 6.45) is 4.79. The van der Waals surface area contributed by atoms with Crippen molar-refractivity contribution in [2.24, 2.45) is 0 Å². The molecule has 5 heteroatoms. The molecule has 2 heterocycles. The number of rotatable bonds is 3. The van der Waals surface area contributed by atoms with Crippen LogP contribution in [0.3, 0.4) is 0 Å². The molecule has 0 aliphatic carbocycles. The van der Waals surface area contributed by atoms with E-state index in [-0.39, 0.29) is 5.97 Å². The Morgan fingerprint density at radius 2 is 2.31 bits per heavy atom. The summed E-state index contributed by atoms with van der Waals surface area (Å²) in [4.78, 5) is 15.7. The summed E-state index contributed by atoms with van der Waals surface area (Å²) in [6.45, 7) is 2.12. The SMILES string of the molecule is CCOC(=O)c1ccncc1-c1ccn[nH]1. The van der Waals surface area contributed by atoms with Crippen LogP contribution in [0.2, 0.25) is 0 Å². The molecule has 2 aromatic heterocycles. The Morgan fingerprint density at radius 3 is 3.00 bits per heavy atom. The Morgan fingerprint density at radius 1 is 1.44 bits per heavy atom. The second-order valence-corrected chi connectivity index (χ2v) is 3.11. The number of carbonyl (C=O) groups is 1. The van der Waals surface area contributed by atoms with Crippen LogP contribution < -0.4 is 0 Å². The zero-order valence-corrected chi connectivity index (χ0v) is 8.80. The van der Waals surface area contributed by atoms with Crippen LogP contribution in [0.15, 0.2) is 30.7 Å². The Labute approximate surface area is 92.5 Å². The first kappa shape index (κ1) is 10.4. The van der Waals surface area contributed by atoms with Crippen LogP contribution in [-0.2, 0) is 4.74 Å². The maximum Gasteiger partial charge on any atom is 0.338 e. The molecular weight excluding hydrogens is 206 g/mol. The minimum Gasteiger partial charge on any atom is -0.462 e. The highest BCUT2D eigenvalue weighted by Crippen LogP contribution is 2.20. The van der Waals surface area contributed by atoms with Gasteiger partial charge in [-0.3, -0.25) is 10.1 Å². The second-order valence-electron chi connectivity index (χ2n) is 3.11. The third-order valence-corrected chi connectivity index (χ3v) is 2.11. The number of nitrogens with one attached hydrogen (secondary N) is 1. The van der Waals surface area contributed by atoms with Crippen molar-refractivity contribution in [1.29, 1.82) is 0 Å². The monoisotopic (exact) mass is 217 g/mol. The lowest BCUT2D eigenvalue weighted by Crippen LogP contribution is -2.06. The van der Waals surface area contributed by atoms with Gasteiger partial charge in [-0.2, -0.15) is 5.10 Å². The van der Waals surface area contributed by atoms with E-state index in [1.165, 1.54) is 0 Å². The Balaban J connectivity index is 2.42. The van der Waals surface area contributed by atoms with Gasteiger partial charge in [-0.05, 0) is 19.1 Å². The molecule has 0 unspecified atom stereocenters. The van der Waals surface area contributed by atoms with E-state index < -0.39 is 0 Å². The Bertz CT molecular complexity index is 480. The van der Waals surface area contributed by atoms with Gasteiger partial charge in [-0.25, -0.2) is 4.79 Å². The third-order valence-electron chi connectivity index (χ3n) is 2.11. The maximum absolute atomic E-state index is 11.7. The smallest absolute Gasteiger partial charge is 0.338 e. The molecule has 0 amide bonds. The van der Waals surface area contributed by atoms with Crippen molar-refractivity contribution in [3.63, 3.8) is 0 Å². The van der Waals surface area contributed by atoms with Gasteiger partial charge < -0.3 is 4.74 Å². The molecule has 2 aromatic rings. The van der Waals surface area contributed by atoms with Gasteiger partial charge in [0.1, 0.15) is 0 Å². The largest absolute Gasteiger partial charge is 0.462 e. The van der Waals surface area contributed by atoms with Gasteiger partial charge in [-0.1, -0.05) is 0 Å². The number of H-pyrrole nitrogens is 1. The van der Waals surface area contributed by atoms with Crippen molar-refractivity contribution in [1.82, 2.24) is 15.2 Å². The quantitative estimate of drug-likeness (QED) is 0.794. The van der Waals surface area contributed by atoms with E-state index in [2.05, 4.69) is 15.2 Å². The van der Waals surface area contributed by atoms with E-state index in [0.29, 0.717) is 17.7 Å². The van der Waals surface area contributed by atoms with Crippen molar-refractivity contribution >= 4 is 5.97 Å². The van der Waals surface area contributed by atoms with Crippen LogP contribution >= 0.6 is 0 Å². The highest BCUT2D eigenvalue weighted by atomic mass is 16.5. The number of carbonyl (C=O) groups excluding carboxylic acids is 1. The van der Waals surface area contributed by atoms with Gasteiger partial charge >= 0.3 is 5.97 Å². The normalized spacial score (nSPS) is 10.1. The second kappa shape index (κ2) is 4.57. The number of hydrogen-bond acceptors (Lipinski definition) is 4. The van der Waals surface area contributed by atoms with Gasteiger partial charge in [0, 0.05) is 24.2 Å². The summed E-state index contributed by atoms with van der Waals surface area (Å²) in [6, 6.07) is 3.41. The molecule has 1 N–H and O–H groups in total. The molecule has 82 valence electrons. The molecule has 0 aliphatic rings. The van der Waals surface area contributed by atoms with Crippen molar-refractivity contribution < 1.29 is 9.53 Å². The molecule has 0 bridgehead atoms. The fourth-order valence-electron chi connectivity index (χ4n) is 1.40. The van der Waals surface area contributed by atoms with E-state index in [9.17, 15) is 4.79 Å². The van der Waals surface area contributed by atoms with Gasteiger partial charge in [0.15, 0.2) is 0 Å². The predicted octanol–water partition coefficient (Wildman–Crippen LogP) is 1.65. The minimum absolute atomic E-state index is 0.351. The molecule has 0 saturated carbocycles. The molecular formula is C11H11N3O2. The van der Waals surface area contributed by atoms with Crippen molar-refractivity contribution in [2.75, 3.05) is 6.61 Å². The molecule has 0 atom stereocenters. The number of aromatic nitrogens is 3. The summed E-state index contributed by atoms with van der Waals surface area (Å²) in [5, 5.41) is 6.63. The average Bonchev–Trinajstić information content (AvgIpc) is 2.83. The number of hydrogen-bond donors (Lipinski definition) is 1. The van der Waals surface area contributed by atoms with Crippen LogP contribution in [0.1, 0.15) is 17.3 Å². The molecule has 0 spiro atoms. The first-order chi connectivity index (χ1) is 7.83.